The summed E-state index contributed by atoms with van der Waals surface area (Å²) in [7, 11) is 0. The molecule has 0 radical (unpaired) electrons. The van der Waals surface area contributed by atoms with E-state index in [1.54, 1.807) is 25.1 Å². The lowest BCUT2D eigenvalue weighted by Gasteiger charge is -2.07. The Morgan fingerprint density at radius 2 is 2.18 bits per heavy atom. The third-order valence-corrected chi connectivity index (χ3v) is 2.31. The molecule has 0 bridgehead atoms. The highest BCUT2D eigenvalue weighted by Crippen LogP contribution is 2.30. The van der Waals surface area contributed by atoms with Crippen LogP contribution in [0.15, 0.2) is 18.2 Å². The number of rotatable bonds is 6. The second-order valence-corrected chi connectivity index (χ2v) is 3.83. The van der Waals surface area contributed by atoms with Crippen molar-refractivity contribution in [2.45, 2.75) is 26.7 Å². The number of benzene rings is 1. The van der Waals surface area contributed by atoms with Gasteiger partial charge in [-0.2, -0.15) is 0 Å². The number of ether oxygens (including phenoxy) is 1. The molecular weight excluding hydrogens is 222 g/mol. The fraction of sp³-hybridized carbons (Fsp3) is 0.417. The van der Waals surface area contributed by atoms with E-state index in [0.717, 1.165) is 0 Å². The highest BCUT2D eigenvalue weighted by molar-refractivity contribution is 5.75. The lowest BCUT2D eigenvalue weighted by atomic mass is 10.2. The number of carbonyl (C=O) groups excluding carboxylic acids is 1. The summed E-state index contributed by atoms with van der Waals surface area (Å²) in [6, 6.07) is 4.95. The number of nitro benzene ring substituents is 1. The first-order valence-electron chi connectivity index (χ1n) is 5.38. The van der Waals surface area contributed by atoms with Crippen molar-refractivity contribution in [1.82, 2.24) is 0 Å². The maximum atomic E-state index is 10.9. The van der Waals surface area contributed by atoms with Crippen LogP contribution < -0.4 is 4.74 Å². The van der Waals surface area contributed by atoms with E-state index in [4.69, 9.17) is 4.74 Å². The van der Waals surface area contributed by atoms with Crippen molar-refractivity contribution in [2.24, 2.45) is 0 Å². The highest BCUT2D eigenvalue weighted by atomic mass is 16.6. The molecule has 1 rings (SSSR count). The molecule has 0 heterocycles. The standard InChI is InChI=1S/C12H15NO4/c1-9-5-3-7-11(12(9)13(15)16)17-8-4-6-10(2)14/h3,5,7H,4,6,8H2,1-2H3. The molecular formula is C12H15NO4. The van der Waals surface area contributed by atoms with Gasteiger partial charge in [-0.25, -0.2) is 0 Å². The average Bonchev–Trinajstić information content (AvgIpc) is 2.23. The van der Waals surface area contributed by atoms with Gasteiger partial charge in [-0.15, -0.1) is 0 Å². The van der Waals surface area contributed by atoms with E-state index < -0.39 is 4.92 Å². The lowest BCUT2D eigenvalue weighted by Crippen LogP contribution is -2.03. The van der Waals surface area contributed by atoms with Gasteiger partial charge in [0.1, 0.15) is 5.78 Å². The van der Waals surface area contributed by atoms with Crippen LogP contribution in [0, 0.1) is 17.0 Å². The van der Waals surface area contributed by atoms with Crippen molar-refractivity contribution < 1.29 is 14.5 Å². The molecule has 0 aliphatic rings. The summed E-state index contributed by atoms with van der Waals surface area (Å²) in [5.74, 6) is 0.353. The monoisotopic (exact) mass is 237 g/mol. The molecule has 0 aliphatic heterocycles. The highest BCUT2D eigenvalue weighted by Gasteiger charge is 2.17. The largest absolute Gasteiger partial charge is 0.487 e. The van der Waals surface area contributed by atoms with E-state index >= 15 is 0 Å². The number of hydrogen-bond donors (Lipinski definition) is 0. The minimum Gasteiger partial charge on any atom is -0.487 e. The van der Waals surface area contributed by atoms with Crippen molar-refractivity contribution in [3.8, 4) is 5.75 Å². The zero-order valence-corrected chi connectivity index (χ0v) is 9.93. The van der Waals surface area contributed by atoms with Gasteiger partial charge in [-0.05, 0) is 26.3 Å². The quantitative estimate of drug-likeness (QED) is 0.433. The third kappa shape index (κ3) is 3.86. The third-order valence-electron chi connectivity index (χ3n) is 2.31. The number of para-hydroxylation sites is 1. The molecule has 1 aromatic rings. The van der Waals surface area contributed by atoms with Crippen LogP contribution in [0.25, 0.3) is 0 Å². The number of nitrogens with zero attached hydrogens (tertiary/aromatic N) is 1. The van der Waals surface area contributed by atoms with Gasteiger partial charge in [0.15, 0.2) is 5.75 Å². The number of nitro groups is 1. The molecule has 92 valence electrons. The number of ketones is 1. The smallest absolute Gasteiger partial charge is 0.313 e. The van der Waals surface area contributed by atoms with Crippen molar-refractivity contribution in [2.75, 3.05) is 6.61 Å². The summed E-state index contributed by atoms with van der Waals surface area (Å²) in [6.45, 7) is 3.49. The first-order chi connectivity index (χ1) is 8.02. The summed E-state index contributed by atoms with van der Waals surface area (Å²) in [5, 5.41) is 10.9. The van der Waals surface area contributed by atoms with Gasteiger partial charge in [0.25, 0.3) is 0 Å². The second-order valence-electron chi connectivity index (χ2n) is 3.83. The Hall–Kier alpha value is -1.91. The molecule has 0 saturated heterocycles. The molecule has 0 fully saturated rings. The van der Waals surface area contributed by atoms with Gasteiger partial charge < -0.3 is 9.53 Å². The van der Waals surface area contributed by atoms with Crippen LogP contribution in [0.4, 0.5) is 5.69 Å². The van der Waals surface area contributed by atoms with Gasteiger partial charge in [0, 0.05) is 12.0 Å². The number of aryl methyl sites for hydroxylation is 1. The molecule has 0 unspecified atom stereocenters. The zero-order valence-electron chi connectivity index (χ0n) is 9.93. The average molecular weight is 237 g/mol. The molecule has 17 heavy (non-hydrogen) atoms. The van der Waals surface area contributed by atoms with Gasteiger partial charge in [0.05, 0.1) is 11.5 Å². The minimum atomic E-state index is -0.449. The van der Waals surface area contributed by atoms with Crippen LogP contribution in [0.1, 0.15) is 25.3 Å². The molecule has 5 nitrogen and oxygen atoms in total. The molecule has 0 saturated carbocycles. The lowest BCUT2D eigenvalue weighted by molar-refractivity contribution is -0.386. The summed E-state index contributed by atoms with van der Waals surface area (Å²) in [4.78, 5) is 21.1. The molecule has 0 N–H and O–H groups in total. The van der Waals surface area contributed by atoms with E-state index in [1.807, 2.05) is 0 Å². The van der Waals surface area contributed by atoms with E-state index in [1.165, 1.54) is 6.92 Å². The molecule has 0 aromatic heterocycles. The topological polar surface area (TPSA) is 69.4 Å². The van der Waals surface area contributed by atoms with E-state index in [2.05, 4.69) is 0 Å². The molecule has 0 atom stereocenters. The predicted octanol–water partition coefficient (Wildman–Crippen LogP) is 2.65. The first-order valence-corrected chi connectivity index (χ1v) is 5.38. The van der Waals surface area contributed by atoms with E-state index in [9.17, 15) is 14.9 Å². The Kier molecular flexibility index (Phi) is 4.63. The Morgan fingerprint density at radius 3 is 2.76 bits per heavy atom. The Morgan fingerprint density at radius 1 is 1.47 bits per heavy atom. The van der Waals surface area contributed by atoms with Crippen molar-refractivity contribution in [1.29, 1.82) is 0 Å². The SMILES string of the molecule is CC(=O)CCCOc1cccc(C)c1[N+](=O)[O-]. The molecule has 5 heteroatoms. The molecule has 0 spiro atoms. The van der Waals surface area contributed by atoms with Crippen molar-refractivity contribution in [3.05, 3.63) is 33.9 Å². The summed E-state index contributed by atoms with van der Waals surface area (Å²) < 4.78 is 5.34. The van der Waals surface area contributed by atoms with Crippen LogP contribution >= 0.6 is 0 Å². The van der Waals surface area contributed by atoms with E-state index in [0.29, 0.717) is 25.0 Å². The molecule has 0 aliphatic carbocycles. The Labute approximate surface area is 99.5 Å². The maximum Gasteiger partial charge on any atom is 0.313 e. The van der Waals surface area contributed by atoms with Crippen LogP contribution in [0.5, 0.6) is 5.75 Å². The van der Waals surface area contributed by atoms with Crippen molar-refractivity contribution in [3.63, 3.8) is 0 Å². The Balaban J connectivity index is 2.67. The molecule has 1 aromatic carbocycles. The second kappa shape index (κ2) is 5.98. The number of carbonyl (C=O) groups is 1. The van der Waals surface area contributed by atoms with Crippen LogP contribution in [0.3, 0.4) is 0 Å². The summed E-state index contributed by atoms with van der Waals surface area (Å²) in [6.07, 6.45) is 1.00. The van der Waals surface area contributed by atoms with Gasteiger partial charge in [-0.1, -0.05) is 12.1 Å². The van der Waals surface area contributed by atoms with Crippen LogP contribution in [-0.2, 0) is 4.79 Å². The summed E-state index contributed by atoms with van der Waals surface area (Å²) >= 11 is 0. The van der Waals surface area contributed by atoms with Gasteiger partial charge >= 0.3 is 5.69 Å². The normalized spacial score (nSPS) is 10.0. The fourth-order valence-electron chi connectivity index (χ4n) is 1.49. The fourth-order valence-corrected chi connectivity index (χ4v) is 1.49. The predicted molar refractivity (Wildman–Crippen MR) is 63.2 cm³/mol. The molecule has 0 amide bonds. The maximum absolute atomic E-state index is 10.9. The Bertz CT molecular complexity index is 429. The van der Waals surface area contributed by atoms with E-state index in [-0.39, 0.29) is 17.2 Å². The number of Topliss-reactive ketones (excluding diaryl/α,β-unsaturated/α-hetero) is 1. The first kappa shape index (κ1) is 13.2. The van der Waals surface area contributed by atoms with Gasteiger partial charge in [-0.3, -0.25) is 10.1 Å². The zero-order chi connectivity index (χ0) is 12.8. The van der Waals surface area contributed by atoms with Crippen LogP contribution in [0.2, 0.25) is 0 Å². The minimum absolute atomic E-state index is 0.00433. The van der Waals surface area contributed by atoms with Gasteiger partial charge in [0.2, 0.25) is 0 Å². The van der Waals surface area contributed by atoms with Crippen molar-refractivity contribution >= 4 is 11.5 Å². The summed E-state index contributed by atoms with van der Waals surface area (Å²) in [5.41, 5.74) is 0.564. The number of hydrogen-bond acceptors (Lipinski definition) is 4. The van der Waals surface area contributed by atoms with Crippen LogP contribution in [-0.4, -0.2) is 17.3 Å².